The molecule has 36 heavy (non-hydrogen) atoms. The lowest BCUT2D eigenvalue weighted by Gasteiger charge is -2.16. The van der Waals surface area contributed by atoms with Crippen LogP contribution in [0.15, 0.2) is 83.8 Å². The minimum Gasteiger partial charge on any atom is -0.342 e. The number of benzene rings is 3. The zero-order valence-corrected chi connectivity index (χ0v) is 20.5. The molecule has 1 aliphatic heterocycles. The first-order valence-corrected chi connectivity index (χ1v) is 13.3. The Morgan fingerprint density at radius 3 is 2.28 bits per heavy atom. The van der Waals surface area contributed by atoms with E-state index < -0.39 is 15.9 Å². The predicted molar refractivity (Wildman–Crippen MR) is 135 cm³/mol. The van der Waals surface area contributed by atoms with Gasteiger partial charge in [0.15, 0.2) is 0 Å². The molecular weight excluding hydrogens is 481 g/mol. The molecule has 3 aromatic rings. The average molecular weight is 510 g/mol. The number of nitrogens with one attached hydrogen (secondary N) is 2. The van der Waals surface area contributed by atoms with Gasteiger partial charge in [-0.25, -0.2) is 17.5 Å². The molecule has 1 saturated heterocycles. The van der Waals surface area contributed by atoms with Crippen molar-refractivity contribution in [1.29, 1.82) is 0 Å². The number of nitrogens with zero attached hydrogens (tertiary/aromatic N) is 1. The monoisotopic (exact) mass is 509 g/mol. The molecule has 0 spiro atoms. The van der Waals surface area contributed by atoms with Gasteiger partial charge in [0.1, 0.15) is 5.82 Å². The Kier molecular flexibility index (Phi) is 8.12. The molecule has 1 heterocycles. The molecule has 0 saturated carbocycles. The molecule has 1 aliphatic rings. The van der Waals surface area contributed by atoms with Crippen LogP contribution in [0.5, 0.6) is 0 Å². The molecule has 3 aromatic carbocycles. The second kappa shape index (κ2) is 11.5. The van der Waals surface area contributed by atoms with E-state index in [-0.39, 0.29) is 35.5 Å². The highest BCUT2D eigenvalue weighted by Crippen LogP contribution is 2.21. The highest BCUT2D eigenvalue weighted by atomic mass is 32.2. The summed E-state index contributed by atoms with van der Waals surface area (Å²) in [4.78, 5) is 26.8. The van der Waals surface area contributed by atoms with Crippen LogP contribution in [-0.2, 0) is 32.5 Å². The van der Waals surface area contributed by atoms with Gasteiger partial charge in [-0.15, -0.1) is 0 Å². The SMILES string of the molecule is O=C(Nc1ccc(S(=O)(=O)NCCc2ccccc2)cc1)C1CC(=O)N(CCc2ccc(F)cc2)C1. The lowest BCUT2D eigenvalue weighted by atomic mass is 10.1. The van der Waals surface area contributed by atoms with E-state index in [0.29, 0.717) is 31.6 Å². The molecule has 188 valence electrons. The molecule has 4 rings (SSSR count). The zero-order valence-electron chi connectivity index (χ0n) is 19.7. The maximum Gasteiger partial charge on any atom is 0.240 e. The highest BCUT2D eigenvalue weighted by Gasteiger charge is 2.34. The Balaban J connectivity index is 1.26. The number of halogens is 1. The van der Waals surface area contributed by atoms with Crippen LogP contribution in [-0.4, -0.2) is 44.8 Å². The average Bonchev–Trinajstić information content (AvgIpc) is 3.25. The second-order valence-corrected chi connectivity index (χ2v) is 10.5. The number of hydrogen-bond acceptors (Lipinski definition) is 4. The normalized spacial score (nSPS) is 15.8. The first-order chi connectivity index (χ1) is 17.3. The zero-order chi connectivity index (χ0) is 25.5. The van der Waals surface area contributed by atoms with Crippen LogP contribution in [0.1, 0.15) is 17.5 Å². The number of likely N-dealkylation sites (tertiary alicyclic amines) is 1. The third-order valence-corrected chi connectivity index (χ3v) is 7.63. The van der Waals surface area contributed by atoms with Gasteiger partial charge in [0.2, 0.25) is 21.8 Å². The van der Waals surface area contributed by atoms with Gasteiger partial charge in [-0.05, 0) is 60.4 Å². The van der Waals surface area contributed by atoms with E-state index in [9.17, 15) is 22.4 Å². The van der Waals surface area contributed by atoms with Gasteiger partial charge in [-0.2, -0.15) is 0 Å². The number of rotatable bonds is 10. The number of hydrogen-bond donors (Lipinski definition) is 2. The van der Waals surface area contributed by atoms with E-state index in [1.807, 2.05) is 30.3 Å². The fourth-order valence-electron chi connectivity index (χ4n) is 4.10. The minimum absolute atomic E-state index is 0.0970. The van der Waals surface area contributed by atoms with E-state index in [1.54, 1.807) is 17.0 Å². The second-order valence-electron chi connectivity index (χ2n) is 8.76. The van der Waals surface area contributed by atoms with Crippen molar-refractivity contribution in [2.24, 2.45) is 5.92 Å². The smallest absolute Gasteiger partial charge is 0.240 e. The Morgan fingerprint density at radius 1 is 0.917 bits per heavy atom. The van der Waals surface area contributed by atoms with Crippen LogP contribution in [0.2, 0.25) is 0 Å². The Morgan fingerprint density at radius 2 is 1.58 bits per heavy atom. The number of sulfonamides is 1. The van der Waals surface area contributed by atoms with Crippen molar-refractivity contribution in [2.75, 3.05) is 25.0 Å². The van der Waals surface area contributed by atoms with Gasteiger partial charge in [0, 0.05) is 31.7 Å². The van der Waals surface area contributed by atoms with Crippen LogP contribution in [0.25, 0.3) is 0 Å². The molecule has 9 heteroatoms. The van der Waals surface area contributed by atoms with Gasteiger partial charge in [0.05, 0.1) is 10.8 Å². The van der Waals surface area contributed by atoms with E-state index in [4.69, 9.17) is 0 Å². The molecule has 1 atom stereocenters. The van der Waals surface area contributed by atoms with Crippen molar-refractivity contribution in [3.8, 4) is 0 Å². The Labute approximate surface area is 210 Å². The third-order valence-electron chi connectivity index (χ3n) is 6.15. The van der Waals surface area contributed by atoms with Gasteiger partial charge in [0.25, 0.3) is 0 Å². The van der Waals surface area contributed by atoms with Gasteiger partial charge in [-0.1, -0.05) is 42.5 Å². The van der Waals surface area contributed by atoms with Crippen molar-refractivity contribution in [3.05, 3.63) is 95.8 Å². The highest BCUT2D eigenvalue weighted by molar-refractivity contribution is 7.89. The molecule has 0 aromatic heterocycles. The molecule has 0 bridgehead atoms. The molecule has 0 aliphatic carbocycles. The largest absolute Gasteiger partial charge is 0.342 e. The van der Waals surface area contributed by atoms with Crippen LogP contribution < -0.4 is 10.0 Å². The summed E-state index contributed by atoms with van der Waals surface area (Å²) in [5.74, 6) is -1.18. The Hall–Kier alpha value is -3.56. The summed E-state index contributed by atoms with van der Waals surface area (Å²) in [6.07, 6.45) is 1.28. The summed E-state index contributed by atoms with van der Waals surface area (Å²) >= 11 is 0. The van der Waals surface area contributed by atoms with Crippen molar-refractivity contribution in [2.45, 2.75) is 24.2 Å². The maximum absolute atomic E-state index is 13.1. The maximum atomic E-state index is 13.1. The first-order valence-electron chi connectivity index (χ1n) is 11.8. The molecule has 2 N–H and O–H groups in total. The van der Waals surface area contributed by atoms with Gasteiger partial charge < -0.3 is 10.2 Å². The fraction of sp³-hybridized carbons (Fsp3) is 0.259. The third kappa shape index (κ3) is 6.77. The number of carbonyl (C=O) groups excluding carboxylic acids is 2. The van der Waals surface area contributed by atoms with Crippen LogP contribution in [0.4, 0.5) is 10.1 Å². The molecule has 0 radical (unpaired) electrons. The van der Waals surface area contributed by atoms with E-state index in [0.717, 1.165) is 11.1 Å². The van der Waals surface area contributed by atoms with E-state index in [1.165, 1.54) is 36.4 Å². The first kappa shape index (κ1) is 25.5. The number of carbonyl (C=O) groups is 2. The molecule has 1 fully saturated rings. The summed E-state index contributed by atoms with van der Waals surface area (Å²) in [6, 6.07) is 21.7. The lowest BCUT2D eigenvalue weighted by Crippen LogP contribution is -2.30. The number of anilines is 1. The summed E-state index contributed by atoms with van der Waals surface area (Å²) in [6.45, 7) is 1.04. The summed E-state index contributed by atoms with van der Waals surface area (Å²) in [5, 5.41) is 2.77. The van der Waals surface area contributed by atoms with Crippen molar-refractivity contribution >= 4 is 27.5 Å². The van der Waals surface area contributed by atoms with E-state index in [2.05, 4.69) is 10.0 Å². The van der Waals surface area contributed by atoms with Crippen molar-refractivity contribution < 1.29 is 22.4 Å². The van der Waals surface area contributed by atoms with Crippen LogP contribution in [0.3, 0.4) is 0 Å². The molecule has 7 nitrogen and oxygen atoms in total. The lowest BCUT2D eigenvalue weighted by molar-refractivity contribution is -0.128. The van der Waals surface area contributed by atoms with Gasteiger partial charge >= 0.3 is 0 Å². The summed E-state index contributed by atoms with van der Waals surface area (Å²) < 4.78 is 40.8. The summed E-state index contributed by atoms with van der Waals surface area (Å²) in [7, 11) is -3.67. The van der Waals surface area contributed by atoms with Crippen LogP contribution >= 0.6 is 0 Å². The van der Waals surface area contributed by atoms with Crippen molar-refractivity contribution in [1.82, 2.24) is 9.62 Å². The summed E-state index contributed by atoms with van der Waals surface area (Å²) in [5.41, 5.74) is 2.42. The standard InChI is InChI=1S/C27H28FN3O4S/c28-23-8-6-21(7-9-23)15-17-31-19-22(18-26(31)32)27(33)30-24-10-12-25(13-11-24)36(34,35)29-16-14-20-4-2-1-3-5-20/h1-13,22,29H,14-19H2,(H,30,33). The van der Waals surface area contributed by atoms with Gasteiger partial charge in [-0.3, -0.25) is 9.59 Å². The number of amides is 2. The predicted octanol–water partition coefficient (Wildman–Crippen LogP) is 3.38. The minimum atomic E-state index is -3.67. The van der Waals surface area contributed by atoms with E-state index >= 15 is 0 Å². The topological polar surface area (TPSA) is 95.6 Å². The molecule has 2 amide bonds. The Bertz CT molecular complexity index is 1300. The van der Waals surface area contributed by atoms with Crippen molar-refractivity contribution in [3.63, 3.8) is 0 Å². The molecular formula is C27H28FN3O4S. The van der Waals surface area contributed by atoms with Crippen LogP contribution in [0, 0.1) is 11.7 Å². The quantitative estimate of drug-likeness (QED) is 0.438. The fourth-order valence-corrected chi connectivity index (χ4v) is 5.13. The molecule has 1 unspecified atom stereocenters.